The van der Waals surface area contributed by atoms with Crippen molar-refractivity contribution in [2.75, 3.05) is 14.2 Å². The van der Waals surface area contributed by atoms with E-state index >= 15 is 0 Å². The fourth-order valence-electron chi connectivity index (χ4n) is 1.74. The quantitative estimate of drug-likeness (QED) is 0.909. The SMILES string of the molecule is COCc1cc(OC)c(Br)cc1CC(C)(C)N. The van der Waals surface area contributed by atoms with Crippen LogP contribution in [0.1, 0.15) is 25.0 Å². The minimum absolute atomic E-state index is 0.240. The van der Waals surface area contributed by atoms with Crippen molar-refractivity contribution in [3.8, 4) is 5.75 Å². The second-order valence-electron chi connectivity index (χ2n) is 4.85. The summed E-state index contributed by atoms with van der Waals surface area (Å²) in [6.07, 6.45) is 0.800. The van der Waals surface area contributed by atoms with E-state index in [9.17, 15) is 0 Å². The molecule has 96 valence electrons. The van der Waals surface area contributed by atoms with Crippen molar-refractivity contribution in [1.29, 1.82) is 0 Å². The van der Waals surface area contributed by atoms with Crippen LogP contribution in [0.15, 0.2) is 16.6 Å². The first-order valence-corrected chi connectivity index (χ1v) is 6.30. The summed E-state index contributed by atoms with van der Waals surface area (Å²) < 4.78 is 11.4. The topological polar surface area (TPSA) is 44.5 Å². The van der Waals surface area contributed by atoms with Gasteiger partial charge in [-0.2, -0.15) is 0 Å². The highest BCUT2D eigenvalue weighted by Gasteiger charge is 2.16. The number of nitrogens with two attached hydrogens (primary N) is 1. The Morgan fingerprint density at radius 1 is 1.24 bits per heavy atom. The number of ether oxygens (including phenoxy) is 2. The molecule has 0 aliphatic rings. The standard InChI is InChI=1S/C13H20BrNO2/c1-13(2,15)7-9-5-11(14)12(17-4)6-10(9)8-16-3/h5-6H,7-8,15H2,1-4H3. The van der Waals surface area contributed by atoms with Crippen molar-refractivity contribution >= 4 is 15.9 Å². The van der Waals surface area contributed by atoms with Crippen molar-refractivity contribution in [3.05, 3.63) is 27.7 Å². The van der Waals surface area contributed by atoms with E-state index in [1.54, 1.807) is 14.2 Å². The van der Waals surface area contributed by atoms with Crippen LogP contribution in [0, 0.1) is 0 Å². The van der Waals surface area contributed by atoms with Gasteiger partial charge in [0.2, 0.25) is 0 Å². The predicted molar refractivity (Wildman–Crippen MR) is 73.4 cm³/mol. The van der Waals surface area contributed by atoms with Crippen molar-refractivity contribution in [1.82, 2.24) is 0 Å². The largest absolute Gasteiger partial charge is 0.496 e. The molecule has 0 aliphatic carbocycles. The van der Waals surface area contributed by atoms with E-state index in [0.717, 1.165) is 22.2 Å². The lowest BCUT2D eigenvalue weighted by Crippen LogP contribution is -2.34. The van der Waals surface area contributed by atoms with Crippen molar-refractivity contribution < 1.29 is 9.47 Å². The van der Waals surface area contributed by atoms with E-state index in [2.05, 4.69) is 22.0 Å². The van der Waals surface area contributed by atoms with Gasteiger partial charge in [-0.05, 0) is 59.5 Å². The molecular weight excluding hydrogens is 282 g/mol. The minimum atomic E-state index is -0.240. The van der Waals surface area contributed by atoms with E-state index in [-0.39, 0.29) is 5.54 Å². The highest BCUT2D eigenvalue weighted by atomic mass is 79.9. The molecule has 1 aromatic rings. The number of benzene rings is 1. The number of hydrogen-bond acceptors (Lipinski definition) is 3. The maximum Gasteiger partial charge on any atom is 0.133 e. The Bertz CT molecular complexity index is 386. The molecule has 0 aliphatic heterocycles. The summed E-state index contributed by atoms with van der Waals surface area (Å²) in [5.74, 6) is 0.815. The summed E-state index contributed by atoms with van der Waals surface area (Å²) in [4.78, 5) is 0. The van der Waals surface area contributed by atoms with Gasteiger partial charge in [0.05, 0.1) is 18.2 Å². The lowest BCUT2D eigenvalue weighted by molar-refractivity contribution is 0.183. The molecule has 0 bridgehead atoms. The van der Waals surface area contributed by atoms with E-state index in [0.29, 0.717) is 6.61 Å². The lowest BCUT2D eigenvalue weighted by atomic mass is 9.93. The van der Waals surface area contributed by atoms with Gasteiger partial charge in [0.1, 0.15) is 5.75 Å². The molecule has 1 rings (SSSR count). The van der Waals surface area contributed by atoms with Gasteiger partial charge in [-0.3, -0.25) is 0 Å². The summed E-state index contributed by atoms with van der Waals surface area (Å²) in [7, 11) is 3.34. The second-order valence-corrected chi connectivity index (χ2v) is 5.71. The first-order valence-electron chi connectivity index (χ1n) is 5.50. The van der Waals surface area contributed by atoms with Crippen molar-refractivity contribution in [2.45, 2.75) is 32.4 Å². The van der Waals surface area contributed by atoms with Crippen LogP contribution < -0.4 is 10.5 Å². The predicted octanol–water partition coefficient (Wildman–Crippen LogP) is 2.88. The van der Waals surface area contributed by atoms with Gasteiger partial charge < -0.3 is 15.2 Å². The molecule has 0 radical (unpaired) electrons. The summed E-state index contributed by atoms with van der Waals surface area (Å²) in [5.41, 5.74) is 8.13. The molecule has 0 unspecified atom stereocenters. The zero-order valence-corrected chi connectivity index (χ0v) is 12.4. The van der Waals surface area contributed by atoms with Crippen LogP contribution in [0.2, 0.25) is 0 Å². The van der Waals surface area contributed by atoms with E-state index in [1.165, 1.54) is 5.56 Å². The molecular formula is C13H20BrNO2. The summed E-state index contributed by atoms with van der Waals surface area (Å²) in [6, 6.07) is 4.05. The van der Waals surface area contributed by atoms with Crippen molar-refractivity contribution in [3.63, 3.8) is 0 Å². The fraction of sp³-hybridized carbons (Fsp3) is 0.538. The average molecular weight is 302 g/mol. The summed E-state index contributed by atoms with van der Waals surface area (Å²) in [5, 5.41) is 0. The number of rotatable bonds is 5. The van der Waals surface area contributed by atoms with Gasteiger partial charge in [-0.15, -0.1) is 0 Å². The van der Waals surface area contributed by atoms with Crippen LogP contribution >= 0.6 is 15.9 Å². The van der Waals surface area contributed by atoms with Gasteiger partial charge >= 0.3 is 0 Å². The molecule has 0 aromatic heterocycles. The molecule has 0 spiro atoms. The van der Waals surface area contributed by atoms with Crippen molar-refractivity contribution in [2.24, 2.45) is 5.73 Å². The van der Waals surface area contributed by atoms with Gasteiger partial charge in [0.25, 0.3) is 0 Å². The van der Waals surface area contributed by atoms with Crippen LogP contribution in [-0.4, -0.2) is 19.8 Å². The normalized spacial score (nSPS) is 11.6. The Balaban J connectivity index is 3.13. The Kier molecular flexibility index (Phi) is 4.98. The van der Waals surface area contributed by atoms with Crippen LogP contribution in [0.25, 0.3) is 0 Å². The van der Waals surface area contributed by atoms with Gasteiger partial charge in [0.15, 0.2) is 0 Å². The number of methoxy groups -OCH3 is 2. The summed E-state index contributed by atoms with van der Waals surface area (Å²) >= 11 is 3.49. The molecule has 4 heteroatoms. The maximum atomic E-state index is 6.07. The van der Waals surface area contributed by atoms with Crippen LogP contribution in [-0.2, 0) is 17.8 Å². The third-order valence-corrected chi connectivity index (χ3v) is 3.04. The molecule has 0 amide bonds. The second kappa shape index (κ2) is 5.85. The molecule has 0 saturated carbocycles. The average Bonchev–Trinajstić information content (AvgIpc) is 2.20. The zero-order chi connectivity index (χ0) is 13.1. The molecule has 0 atom stereocenters. The van der Waals surface area contributed by atoms with Gasteiger partial charge in [0, 0.05) is 12.6 Å². The molecule has 0 fully saturated rings. The monoisotopic (exact) mass is 301 g/mol. The Morgan fingerprint density at radius 3 is 2.35 bits per heavy atom. The first-order chi connectivity index (χ1) is 7.87. The molecule has 0 heterocycles. The molecule has 17 heavy (non-hydrogen) atoms. The fourth-order valence-corrected chi connectivity index (χ4v) is 2.29. The van der Waals surface area contributed by atoms with Crippen LogP contribution in [0.5, 0.6) is 5.75 Å². The first kappa shape index (κ1) is 14.5. The van der Waals surface area contributed by atoms with Gasteiger partial charge in [-0.25, -0.2) is 0 Å². The molecule has 1 aromatic carbocycles. The summed E-state index contributed by atoms with van der Waals surface area (Å²) in [6.45, 7) is 4.60. The van der Waals surface area contributed by atoms with E-state index in [1.807, 2.05) is 19.9 Å². The minimum Gasteiger partial charge on any atom is -0.496 e. The highest BCUT2D eigenvalue weighted by Crippen LogP contribution is 2.30. The molecule has 3 nitrogen and oxygen atoms in total. The Hall–Kier alpha value is -0.580. The van der Waals surface area contributed by atoms with Crippen LogP contribution in [0.3, 0.4) is 0 Å². The molecule has 2 N–H and O–H groups in total. The highest BCUT2D eigenvalue weighted by molar-refractivity contribution is 9.10. The van der Waals surface area contributed by atoms with Gasteiger partial charge in [-0.1, -0.05) is 0 Å². The van der Waals surface area contributed by atoms with E-state index in [4.69, 9.17) is 15.2 Å². The van der Waals surface area contributed by atoms with E-state index < -0.39 is 0 Å². The number of halogens is 1. The zero-order valence-electron chi connectivity index (χ0n) is 10.8. The maximum absolute atomic E-state index is 6.07. The third-order valence-electron chi connectivity index (χ3n) is 2.42. The smallest absolute Gasteiger partial charge is 0.133 e. The third kappa shape index (κ3) is 4.30. The molecule has 0 saturated heterocycles. The van der Waals surface area contributed by atoms with Crippen LogP contribution in [0.4, 0.5) is 0 Å². The number of hydrogen-bond donors (Lipinski definition) is 1. The Labute approximate surface area is 111 Å². The lowest BCUT2D eigenvalue weighted by Gasteiger charge is -2.21. The Morgan fingerprint density at radius 2 is 1.88 bits per heavy atom.